The first-order valence-corrected chi connectivity index (χ1v) is 4.98. The van der Waals surface area contributed by atoms with E-state index in [1.54, 1.807) is 7.05 Å². The number of carbonyl (C=O) groups is 1. The van der Waals surface area contributed by atoms with Crippen molar-refractivity contribution >= 4 is 23.3 Å². The quantitative estimate of drug-likeness (QED) is 0.536. The molecule has 0 heterocycles. The van der Waals surface area contributed by atoms with Gasteiger partial charge in [-0.15, -0.1) is 0 Å². The van der Waals surface area contributed by atoms with Gasteiger partial charge in [-0.1, -0.05) is 13.8 Å². The summed E-state index contributed by atoms with van der Waals surface area (Å²) < 4.78 is 4.67. The molecule has 0 aliphatic rings. The number of thiocarbonyl (C=S) groups is 1. The molecule has 0 rings (SSSR count). The van der Waals surface area contributed by atoms with E-state index in [1.807, 2.05) is 13.8 Å². The molecule has 0 aromatic rings. The van der Waals surface area contributed by atoms with Crippen LogP contribution in [0.4, 0.5) is 0 Å². The van der Waals surface area contributed by atoms with Crippen LogP contribution in [0, 0.1) is 5.92 Å². The number of esters is 1. The smallest absolute Gasteiger partial charge is 0.328 e. The van der Waals surface area contributed by atoms with Crippen molar-refractivity contribution in [3.63, 3.8) is 0 Å². The molecule has 0 fully saturated rings. The van der Waals surface area contributed by atoms with E-state index in [0.29, 0.717) is 17.5 Å². The molecule has 1 atom stereocenters. The maximum absolute atomic E-state index is 11.3. The molecule has 0 bridgehead atoms. The number of hydrogen-bond acceptors (Lipinski definition) is 3. The second-order valence-corrected chi connectivity index (χ2v) is 3.84. The largest absolute Gasteiger partial charge is 0.467 e. The van der Waals surface area contributed by atoms with E-state index in [0.717, 1.165) is 0 Å². The Morgan fingerprint density at radius 1 is 1.50 bits per heavy atom. The highest BCUT2D eigenvalue weighted by atomic mass is 32.1. The summed E-state index contributed by atoms with van der Waals surface area (Å²) in [4.78, 5) is 11.3. The van der Waals surface area contributed by atoms with E-state index in [2.05, 4.69) is 15.4 Å². The van der Waals surface area contributed by atoms with Gasteiger partial charge in [0.15, 0.2) is 5.11 Å². The number of methoxy groups -OCH3 is 1. The monoisotopic (exact) mass is 218 g/mol. The minimum absolute atomic E-state index is 0.281. The van der Waals surface area contributed by atoms with Gasteiger partial charge in [0.2, 0.25) is 0 Å². The fourth-order valence-corrected chi connectivity index (χ4v) is 1.20. The lowest BCUT2D eigenvalue weighted by atomic mass is 10.0. The topological polar surface area (TPSA) is 50.4 Å². The minimum Gasteiger partial charge on any atom is -0.467 e. The highest BCUT2D eigenvalue weighted by Gasteiger charge is 2.20. The van der Waals surface area contributed by atoms with Gasteiger partial charge in [0.05, 0.1) is 7.11 Å². The first kappa shape index (κ1) is 13.2. The van der Waals surface area contributed by atoms with Gasteiger partial charge in [-0.25, -0.2) is 4.79 Å². The van der Waals surface area contributed by atoms with Crippen molar-refractivity contribution in [2.24, 2.45) is 5.92 Å². The summed E-state index contributed by atoms with van der Waals surface area (Å²) >= 11 is 4.92. The first-order valence-electron chi connectivity index (χ1n) is 4.57. The van der Waals surface area contributed by atoms with Crippen LogP contribution in [-0.2, 0) is 9.53 Å². The molecule has 0 spiro atoms. The second-order valence-electron chi connectivity index (χ2n) is 3.43. The molecule has 0 aliphatic heterocycles. The molecule has 0 radical (unpaired) electrons. The predicted molar refractivity (Wildman–Crippen MR) is 60.1 cm³/mol. The molecular formula is C9H18N2O2S. The molecular weight excluding hydrogens is 200 g/mol. The van der Waals surface area contributed by atoms with Crippen LogP contribution in [0.25, 0.3) is 0 Å². The third-order valence-electron chi connectivity index (χ3n) is 1.73. The third-order valence-corrected chi connectivity index (χ3v) is 2.05. The molecule has 14 heavy (non-hydrogen) atoms. The van der Waals surface area contributed by atoms with Crippen LogP contribution >= 0.6 is 12.2 Å². The van der Waals surface area contributed by atoms with E-state index in [9.17, 15) is 4.79 Å². The van der Waals surface area contributed by atoms with Crippen molar-refractivity contribution in [2.75, 3.05) is 14.2 Å². The van der Waals surface area contributed by atoms with Crippen LogP contribution in [-0.4, -0.2) is 31.3 Å². The van der Waals surface area contributed by atoms with E-state index < -0.39 is 0 Å². The summed E-state index contributed by atoms with van der Waals surface area (Å²) in [5.41, 5.74) is 0. The van der Waals surface area contributed by atoms with Gasteiger partial charge in [-0.3, -0.25) is 0 Å². The maximum Gasteiger partial charge on any atom is 0.328 e. The Hall–Kier alpha value is -0.840. The lowest BCUT2D eigenvalue weighted by molar-refractivity contribution is -0.143. The van der Waals surface area contributed by atoms with Crippen LogP contribution in [0.3, 0.4) is 0 Å². The molecule has 5 heteroatoms. The summed E-state index contributed by atoms with van der Waals surface area (Å²) in [6.45, 7) is 4.08. The summed E-state index contributed by atoms with van der Waals surface area (Å²) in [5, 5.41) is 6.11. The molecule has 0 aromatic carbocycles. The number of ether oxygens (including phenoxy) is 1. The van der Waals surface area contributed by atoms with Gasteiger partial charge in [0.25, 0.3) is 0 Å². The lowest BCUT2D eigenvalue weighted by Crippen LogP contribution is -2.45. The molecule has 0 amide bonds. The van der Waals surface area contributed by atoms with Gasteiger partial charge in [0.1, 0.15) is 6.04 Å². The van der Waals surface area contributed by atoms with Gasteiger partial charge in [-0.2, -0.15) is 0 Å². The third kappa shape index (κ3) is 5.01. The Balaban J connectivity index is 4.24. The van der Waals surface area contributed by atoms with Crippen LogP contribution in [0.1, 0.15) is 20.3 Å². The minimum atomic E-state index is -0.361. The van der Waals surface area contributed by atoms with Crippen LogP contribution in [0.2, 0.25) is 0 Å². The molecule has 1 unspecified atom stereocenters. The zero-order chi connectivity index (χ0) is 11.1. The van der Waals surface area contributed by atoms with Crippen LogP contribution in [0.15, 0.2) is 0 Å². The van der Waals surface area contributed by atoms with Crippen molar-refractivity contribution in [1.29, 1.82) is 0 Å². The summed E-state index contributed by atoms with van der Waals surface area (Å²) in [6.07, 6.45) is 0.703. The average molecular weight is 218 g/mol. The number of carbonyl (C=O) groups excluding carboxylic acids is 1. The maximum atomic E-state index is 11.3. The molecule has 2 N–H and O–H groups in total. The SMILES string of the molecule is CNC(=S)NC(CC(C)C)C(=O)OC. The normalized spacial score (nSPS) is 12.1. The van der Waals surface area contributed by atoms with Crippen molar-refractivity contribution in [3.8, 4) is 0 Å². The highest BCUT2D eigenvalue weighted by molar-refractivity contribution is 7.80. The van der Waals surface area contributed by atoms with Gasteiger partial charge in [0, 0.05) is 7.05 Å². The molecule has 82 valence electrons. The Labute approximate surface area is 90.4 Å². The standard InChI is InChI=1S/C9H18N2O2S/c1-6(2)5-7(8(12)13-4)11-9(14)10-3/h6-7H,5H2,1-4H3,(H2,10,11,14). The first-order chi connectivity index (χ1) is 6.51. The summed E-state index contributed by atoms with van der Waals surface area (Å²) in [7, 11) is 3.08. The molecule has 0 saturated heterocycles. The molecule has 0 aromatic heterocycles. The summed E-state index contributed by atoms with van der Waals surface area (Å²) in [6, 6.07) is -0.361. The van der Waals surface area contributed by atoms with Crippen LogP contribution in [0.5, 0.6) is 0 Å². The second kappa shape index (κ2) is 6.59. The van der Waals surface area contributed by atoms with E-state index in [-0.39, 0.29) is 12.0 Å². The number of nitrogens with one attached hydrogen (secondary N) is 2. The molecule has 0 aliphatic carbocycles. The van der Waals surface area contributed by atoms with Crippen molar-refractivity contribution in [3.05, 3.63) is 0 Å². The van der Waals surface area contributed by atoms with E-state index in [4.69, 9.17) is 12.2 Å². The van der Waals surface area contributed by atoms with E-state index >= 15 is 0 Å². The van der Waals surface area contributed by atoms with Gasteiger partial charge < -0.3 is 15.4 Å². The predicted octanol–water partition coefficient (Wildman–Crippen LogP) is 0.668. The number of rotatable bonds is 4. The average Bonchev–Trinajstić information content (AvgIpc) is 2.14. The summed E-state index contributed by atoms with van der Waals surface area (Å²) in [5.74, 6) is 0.127. The Bertz CT molecular complexity index is 207. The molecule has 0 saturated carbocycles. The Morgan fingerprint density at radius 2 is 2.07 bits per heavy atom. The van der Waals surface area contributed by atoms with E-state index in [1.165, 1.54) is 7.11 Å². The fraction of sp³-hybridized carbons (Fsp3) is 0.778. The zero-order valence-electron chi connectivity index (χ0n) is 9.09. The van der Waals surface area contributed by atoms with Crippen LogP contribution < -0.4 is 10.6 Å². The van der Waals surface area contributed by atoms with Crippen molar-refractivity contribution < 1.29 is 9.53 Å². The highest BCUT2D eigenvalue weighted by Crippen LogP contribution is 2.05. The lowest BCUT2D eigenvalue weighted by Gasteiger charge is -2.19. The Kier molecular flexibility index (Phi) is 6.19. The fourth-order valence-electron chi connectivity index (χ4n) is 1.06. The number of hydrogen-bond donors (Lipinski definition) is 2. The molecule has 4 nitrogen and oxygen atoms in total. The van der Waals surface area contributed by atoms with Crippen molar-refractivity contribution in [2.45, 2.75) is 26.3 Å². The van der Waals surface area contributed by atoms with Crippen molar-refractivity contribution in [1.82, 2.24) is 10.6 Å². The Morgan fingerprint density at radius 3 is 2.43 bits per heavy atom. The zero-order valence-corrected chi connectivity index (χ0v) is 9.90. The van der Waals surface area contributed by atoms with Gasteiger partial charge in [-0.05, 0) is 24.6 Å². The van der Waals surface area contributed by atoms with Gasteiger partial charge >= 0.3 is 5.97 Å².